The fraction of sp³-hybridized carbons (Fsp3) is 0.900. The molecule has 0 unspecified atom stereocenters. The highest BCUT2D eigenvalue weighted by Gasteiger charge is 2.17. The summed E-state index contributed by atoms with van der Waals surface area (Å²) in [6.07, 6.45) is 0.590. The van der Waals surface area contributed by atoms with Crippen molar-refractivity contribution in [2.75, 3.05) is 26.4 Å². The number of carbonyl (C=O) groups excluding carboxylic acids is 1. The third-order valence-corrected chi connectivity index (χ3v) is 4.11. The van der Waals surface area contributed by atoms with Gasteiger partial charge < -0.3 is 11.1 Å². The molecular weight excluding hydrogens is 242 g/mol. The van der Waals surface area contributed by atoms with Gasteiger partial charge in [0.25, 0.3) is 0 Å². The topological polar surface area (TPSA) is 92.5 Å². The lowest BCUT2D eigenvalue weighted by Crippen LogP contribution is -2.43. The van der Waals surface area contributed by atoms with E-state index in [1.807, 2.05) is 13.8 Å². The molecule has 0 bridgehead atoms. The van der Waals surface area contributed by atoms with Gasteiger partial charge in [0.05, 0.1) is 11.8 Å². The van der Waals surface area contributed by atoms with Crippen LogP contribution in [0.15, 0.2) is 0 Å². The third-order valence-electron chi connectivity index (χ3n) is 2.28. The van der Waals surface area contributed by atoms with Crippen LogP contribution < -0.4 is 11.1 Å². The molecule has 102 valence electrons. The van der Waals surface area contributed by atoms with Gasteiger partial charge in [-0.15, -0.1) is 0 Å². The number of hydrogen-bond acceptors (Lipinski definition) is 4. The van der Waals surface area contributed by atoms with Crippen molar-refractivity contribution >= 4 is 15.9 Å². The zero-order valence-corrected chi connectivity index (χ0v) is 11.8. The molecule has 0 aliphatic carbocycles. The fourth-order valence-corrected chi connectivity index (χ4v) is 1.96. The standard InChI is InChI=1S/C10H23N3O3S/c1-8(2)7-9(11)10(14)12-5-6-17(15,16)13(3)4/h8-9H,5-7,11H2,1-4H3,(H,12,14)/t9-/m1/s1. The Hall–Kier alpha value is -0.660. The van der Waals surface area contributed by atoms with Gasteiger partial charge in [-0.1, -0.05) is 13.8 Å². The van der Waals surface area contributed by atoms with Crippen LogP contribution >= 0.6 is 0 Å². The summed E-state index contributed by atoms with van der Waals surface area (Å²) in [5.74, 6) is -0.0749. The van der Waals surface area contributed by atoms with Crippen molar-refractivity contribution in [3.63, 3.8) is 0 Å². The van der Waals surface area contributed by atoms with Crippen LogP contribution in [0.25, 0.3) is 0 Å². The van der Waals surface area contributed by atoms with E-state index in [0.717, 1.165) is 4.31 Å². The minimum absolute atomic E-state index is 0.0884. The molecule has 6 nitrogen and oxygen atoms in total. The van der Waals surface area contributed by atoms with E-state index in [0.29, 0.717) is 12.3 Å². The first-order valence-corrected chi connectivity index (χ1v) is 7.21. The van der Waals surface area contributed by atoms with Crippen molar-refractivity contribution in [1.29, 1.82) is 0 Å². The lowest BCUT2D eigenvalue weighted by Gasteiger charge is -2.15. The van der Waals surface area contributed by atoms with Crippen LogP contribution in [0.2, 0.25) is 0 Å². The van der Waals surface area contributed by atoms with Gasteiger partial charge in [0.2, 0.25) is 15.9 Å². The monoisotopic (exact) mass is 265 g/mol. The van der Waals surface area contributed by atoms with Gasteiger partial charge >= 0.3 is 0 Å². The SMILES string of the molecule is CC(C)C[C@@H](N)C(=O)NCCS(=O)(=O)N(C)C. The number of nitrogens with zero attached hydrogens (tertiary/aromatic N) is 1. The van der Waals surface area contributed by atoms with Crippen molar-refractivity contribution in [1.82, 2.24) is 9.62 Å². The Morgan fingerprint density at radius 2 is 1.88 bits per heavy atom. The largest absolute Gasteiger partial charge is 0.354 e. The molecule has 1 atom stereocenters. The summed E-state index contributed by atoms with van der Waals surface area (Å²) in [7, 11) is -0.345. The van der Waals surface area contributed by atoms with Crippen LogP contribution in [0, 0.1) is 5.92 Å². The van der Waals surface area contributed by atoms with Crippen LogP contribution in [0.4, 0.5) is 0 Å². The molecule has 17 heavy (non-hydrogen) atoms. The predicted molar refractivity (Wildman–Crippen MR) is 67.9 cm³/mol. The molecule has 0 rings (SSSR count). The van der Waals surface area contributed by atoms with Crippen LogP contribution in [0.1, 0.15) is 20.3 Å². The normalized spacial score (nSPS) is 14.1. The van der Waals surface area contributed by atoms with Gasteiger partial charge in [-0.2, -0.15) is 0 Å². The average Bonchev–Trinajstić information content (AvgIpc) is 2.15. The Labute approximate surface area is 104 Å². The van der Waals surface area contributed by atoms with Crippen LogP contribution in [0.5, 0.6) is 0 Å². The van der Waals surface area contributed by atoms with Crippen LogP contribution in [0.3, 0.4) is 0 Å². The van der Waals surface area contributed by atoms with E-state index in [-0.39, 0.29) is 18.2 Å². The summed E-state index contributed by atoms with van der Waals surface area (Å²) in [6.45, 7) is 4.04. The Morgan fingerprint density at radius 3 is 2.29 bits per heavy atom. The maximum atomic E-state index is 11.5. The molecule has 0 radical (unpaired) electrons. The Bertz CT molecular complexity index is 339. The molecule has 0 aliphatic rings. The van der Waals surface area contributed by atoms with E-state index in [9.17, 15) is 13.2 Å². The smallest absolute Gasteiger partial charge is 0.236 e. The summed E-state index contributed by atoms with van der Waals surface area (Å²) < 4.78 is 23.9. The molecule has 7 heteroatoms. The van der Waals surface area contributed by atoms with E-state index in [4.69, 9.17) is 5.73 Å². The lowest BCUT2D eigenvalue weighted by atomic mass is 10.0. The second-order valence-electron chi connectivity index (χ2n) is 4.63. The lowest BCUT2D eigenvalue weighted by molar-refractivity contribution is -0.122. The highest BCUT2D eigenvalue weighted by atomic mass is 32.2. The number of sulfonamides is 1. The number of nitrogens with two attached hydrogens (primary N) is 1. The van der Waals surface area contributed by atoms with E-state index in [1.165, 1.54) is 14.1 Å². The first kappa shape index (κ1) is 16.3. The van der Waals surface area contributed by atoms with Gasteiger partial charge in [0.15, 0.2) is 0 Å². The van der Waals surface area contributed by atoms with Gasteiger partial charge in [-0.3, -0.25) is 4.79 Å². The van der Waals surface area contributed by atoms with Gasteiger partial charge in [0.1, 0.15) is 0 Å². The predicted octanol–water partition coefficient (Wildman–Crippen LogP) is -0.633. The summed E-state index contributed by atoms with van der Waals surface area (Å²) in [5, 5.41) is 2.53. The number of hydrogen-bond donors (Lipinski definition) is 2. The Balaban J connectivity index is 4.02. The number of nitrogens with one attached hydrogen (secondary N) is 1. The second-order valence-corrected chi connectivity index (χ2v) is 6.93. The summed E-state index contributed by atoms with van der Waals surface area (Å²) in [4.78, 5) is 11.5. The number of carbonyl (C=O) groups is 1. The Kier molecular flexibility index (Phi) is 6.66. The molecular formula is C10H23N3O3S. The first-order chi connectivity index (χ1) is 7.66. The van der Waals surface area contributed by atoms with E-state index >= 15 is 0 Å². The van der Waals surface area contributed by atoms with Crippen LogP contribution in [-0.2, 0) is 14.8 Å². The van der Waals surface area contributed by atoms with Crippen LogP contribution in [-0.4, -0.2) is 51.1 Å². The van der Waals surface area contributed by atoms with Crippen molar-refractivity contribution in [3.8, 4) is 0 Å². The molecule has 0 aliphatic heterocycles. The maximum Gasteiger partial charge on any atom is 0.236 e. The van der Waals surface area contributed by atoms with Crippen molar-refractivity contribution < 1.29 is 13.2 Å². The van der Waals surface area contributed by atoms with E-state index < -0.39 is 16.1 Å². The third kappa shape index (κ3) is 6.60. The molecule has 0 fully saturated rings. The zero-order valence-electron chi connectivity index (χ0n) is 10.9. The average molecular weight is 265 g/mol. The maximum absolute atomic E-state index is 11.5. The van der Waals surface area contributed by atoms with Gasteiger partial charge in [0, 0.05) is 20.6 Å². The summed E-state index contributed by atoms with van der Waals surface area (Å²) >= 11 is 0. The first-order valence-electron chi connectivity index (χ1n) is 5.60. The highest BCUT2D eigenvalue weighted by Crippen LogP contribution is 2.02. The van der Waals surface area contributed by atoms with E-state index in [1.54, 1.807) is 0 Å². The van der Waals surface area contributed by atoms with Crippen molar-refractivity contribution in [3.05, 3.63) is 0 Å². The van der Waals surface area contributed by atoms with E-state index in [2.05, 4.69) is 5.32 Å². The molecule has 3 N–H and O–H groups in total. The summed E-state index contributed by atoms with van der Waals surface area (Å²) in [5.41, 5.74) is 5.66. The molecule has 0 spiro atoms. The molecule has 1 amide bonds. The quantitative estimate of drug-likeness (QED) is 0.641. The van der Waals surface area contributed by atoms with Gasteiger partial charge in [-0.05, 0) is 12.3 Å². The molecule has 0 aromatic carbocycles. The highest BCUT2D eigenvalue weighted by molar-refractivity contribution is 7.89. The molecule has 0 saturated heterocycles. The zero-order chi connectivity index (χ0) is 13.6. The second kappa shape index (κ2) is 6.93. The molecule has 0 aromatic heterocycles. The fourth-order valence-electron chi connectivity index (χ4n) is 1.23. The molecule has 0 saturated carbocycles. The molecule has 0 aromatic rings. The number of amides is 1. The van der Waals surface area contributed by atoms with Crippen molar-refractivity contribution in [2.24, 2.45) is 11.7 Å². The van der Waals surface area contributed by atoms with Gasteiger partial charge in [-0.25, -0.2) is 12.7 Å². The molecule has 0 heterocycles. The minimum atomic E-state index is -3.26. The van der Waals surface area contributed by atoms with Crippen molar-refractivity contribution in [2.45, 2.75) is 26.3 Å². The Morgan fingerprint density at radius 1 is 1.35 bits per heavy atom. The minimum Gasteiger partial charge on any atom is -0.354 e. The summed E-state index contributed by atoms with van der Waals surface area (Å²) in [6, 6.07) is -0.572. The number of rotatable bonds is 7.